The van der Waals surface area contributed by atoms with E-state index in [1.54, 1.807) is 24.3 Å². The van der Waals surface area contributed by atoms with Crippen molar-refractivity contribution in [2.45, 2.75) is 32.3 Å². The molecule has 1 aromatic rings. The summed E-state index contributed by atoms with van der Waals surface area (Å²) >= 11 is 0. The Morgan fingerprint density at radius 2 is 2.00 bits per heavy atom. The average molecular weight is 290 g/mol. The predicted molar refractivity (Wildman–Crippen MR) is 81.3 cm³/mol. The molecule has 0 saturated carbocycles. The summed E-state index contributed by atoms with van der Waals surface area (Å²) in [7, 11) is 0. The third-order valence-electron chi connectivity index (χ3n) is 4.18. The van der Waals surface area contributed by atoms with Crippen molar-refractivity contribution in [3.63, 3.8) is 0 Å². The molecule has 3 unspecified atom stereocenters. The number of rotatable bonds is 4. The molecule has 0 saturated heterocycles. The average Bonchev–Trinajstić information content (AvgIpc) is 2.41. The zero-order chi connectivity index (χ0) is 15.6. The molecule has 4 heteroatoms. The third-order valence-corrected chi connectivity index (χ3v) is 4.18. The van der Waals surface area contributed by atoms with Gasteiger partial charge in [-0.15, -0.1) is 0 Å². The van der Waals surface area contributed by atoms with Gasteiger partial charge < -0.3 is 20.4 Å². The van der Waals surface area contributed by atoms with Crippen molar-refractivity contribution >= 4 is 0 Å². The first-order valence-electron chi connectivity index (χ1n) is 7.12. The Bertz CT molecular complexity index is 574. The van der Waals surface area contributed by atoms with Crippen LogP contribution in [0.25, 0.3) is 0 Å². The molecule has 1 aliphatic rings. The van der Waals surface area contributed by atoms with Gasteiger partial charge in [-0.3, -0.25) is 0 Å². The van der Waals surface area contributed by atoms with Crippen LogP contribution in [0.15, 0.2) is 41.7 Å². The van der Waals surface area contributed by atoms with Crippen molar-refractivity contribution in [3.8, 4) is 5.75 Å². The van der Waals surface area contributed by atoms with E-state index in [1.165, 1.54) is 0 Å². The van der Waals surface area contributed by atoms with Crippen molar-refractivity contribution in [2.75, 3.05) is 6.61 Å². The van der Waals surface area contributed by atoms with E-state index in [4.69, 9.17) is 0 Å². The van der Waals surface area contributed by atoms with Crippen LogP contribution >= 0.6 is 0 Å². The Balaban J connectivity index is 2.33. The van der Waals surface area contributed by atoms with Gasteiger partial charge in [-0.2, -0.15) is 0 Å². The first-order chi connectivity index (χ1) is 9.93. The second-order valence-corrected chi connectivity index (χ2v) is 5.65. The highest BCUT2D eigenvalue weighted by Crippen LogP contribution is 2.36. The molecule has 0 radical (unpaired) electrons. The predicted octanol–water partition coefficient (Wildman–Crippen LogP) is 2.55. The number of aryl methyl sites for hydroxylation is 1. The lowest BCUT2D eigenvalue weighted by molar-refractivity contribution is 0.188. The quantitative estimate of drug-likeness (QED) is 0.687. The molecule has 0 amide bonds. The Morgan fingerprint density at radius 1 is 1.29 bits per heavy atom. The fourth-order valence-corrected chi connectivity index (χ4v) is 2.95. The third kappa shape index (κ3) is 3.28. The summed E-state index contributed by atoms with van der Waals surface area (Å²) in [4.78, 5) is 0. The number of hydrogen-bond donors (Lipinski definition) is 4. The molecule has 4 nitrogen and oxygen atoms in total. The summed E-state index contributed by atoms with van der Waals surface area (Å²) in [6, 6.07) is 5.16. The highest BCUT2D eigenvalue weighted by atomic mass is 16.3. The number of aliphatic hydroxyl groups is 3. The van der Waals surface area contributed by atoms with Crippen LogP contribution < -0.4 is 0 Å². The van der Waals surface area contributed by atoms with E-state index in [1.807, 2.05) is 19.9 Å². The molecule has 2 rings (SSSR count). The Morgan fingerprint density at radius 3 is 2.57 bits per heavy atom. The molecule has 114 valence electrons. The maximum Gasteiger partial charge on any atom is 0.115 e. The van der Waals surface area contributed by atoms with E-state index < -0.39 is 6.10 Å². The summed E-state index contributed by atoms with van der Waals surface area (Å²) in [5.41, 5.74) is 2.63. The summed E-state index contributed by atoms with van der Waals surface area (Å²) < 4.78 is 0. The number of phenolic OH excluding ortho intramolecular Hbond substituents is 1. The lowest BCUT2D eigenvalue weighted by Gasteiger charge is -2.28. The lowest BCUT2D eigenvalue weighted by Crippen LogP contribution is -2.21. The standard InChI is InChI=1S/C17H22O4/c1-10-7-12(19)3-5-14(10)11(2)16(9-18)15-6-4-13(20)8-17(15)21/h3-7,11,13,16,18-21H,8-9H2,1-2H3. The highest BCUT2D eigenvalue weighted by molar-refractivity contribution is 5.39. The van der Waals surface area contributed by atoms with Crippen molar-refractivity contribution < 1.29 is 20.4 Å². The smallest absolute Gasteiger partial charge is 0.115 e. The largest absolute Gasteiger partial charge is 0.512 e. The second kappa shape index (κ2) is 6.33. The molecule has 21 heavy (non-hydrogen) atoms. The van der Waals surface area contributed by atoms with Gasteiger partial charge in [0, 0.05) is 12.3 Å². The molecule has 0 aromatic heterocycles. The van der Waals surface area contributed by atoms with Gasteiger partial charge in [0.1, 0.15) is 5.75 Å². The molecule has 1 aliphatic carbocycles. The molecular weight excluding hydrogens is 268 g/mol. The van der Waals surface area contributed by atoms with Crippen LogP contribution in [0.3, 0.4) is 0 Å². The van der Waals surface area contributed by atoms with Crippen molar-refractivity contribution in [1.29, 1.82) is 0 Å². The molecule has 0 bridgehead atoms. The van der Waals surface area contributed by atoms with Gasteiger partial charge in [0.05, 0.1) is 18.5 Å². The van der Waals surface area contributed by atoms with Crippen LogP contribution in [0, 0.1) is 12.8 Å². The van der Waals surface area contributed by atoms with E-state index in [0.717, 1.165) is 11.1 Å². The number of hydrogen-bond acceptors (Lipinski definition) is 4. The van der Waals surface area contributed by atoms with Crippen molar-refractivity contribution in [1.82, 2.24) is 0 Å². The lowest BCUT2D eigenvalue weighted by atomic mass is 9.79. The number of aliphatic hydroxyl groups excluding tert-OH is 3. The van der Waals surface area contributed by atoms with Gasteiger partial charge in [-0.05, 0) is 41.7 Å². The summed E-state index contributed by atoms with van der Waals surface area (Å²) in [6.45, 7) is 3.80. The number of aromatic hydroxyl groups is 1. The van der Waals surface area contributed by atoms with Crippen LogP contribution in [0.2, 0.25) is 0 Å². The molecule has 0 fully saturated rings. The molecule has 3 atom stereocenters. The molecule has 1 aromatic carbocycles. The monoisotopic (exact) mass is 290 g/mol. The molecule has 0 spiro atoms. The Hall–Kier alpha value is -1.78. The minimum absolute atomic E-state index is 0.0207. The van der Waals surface area contributed by atoms with Crippen LogP contribution in [-0.2, 0) is 0 Å². The Kier molecular flexibility index (Phi) is 4.70. The number of allylic oxidation sites excluding steroid dienone is 1. The van der Waals surface area contributed by atoms with Crippen molar-refractivity contribution in [2.24, 2.45) is 5.92 Å². The minimum atomic E-state index is -0.668. The summed E-state index contributed by atoms with van der Waals surface area (Å²) in [6.07, 6.45) is 2.84. The zero-order valence-corrected chi connectivity index (χ0v) is 12.3. The van der Waals surface area contributed by atoms with E-state index >= 15 is 0 Å². The normalized spacial score (nSPS) is 21.4. The minimum Gasteiger partial charge on any atom is -0.512 e. The molecular formula is C17H22O4. The number of benzene rings is 1. The van der Waals surface area contributed by atoms with E-state index in [9.17, 15) is 20.4 Å². The maximum absolute atomic E-state index is 10.1. The Labute approximate surface area is 124 Å². The summed E-state index contributed by atoms with van der Waals surface area (Å²) in [5, 5.41) is 38.8. The van der Waals surface area contributed by atoms with Crippen LogP contribution in [0.4, 0.5) is 0 Å². The first kappa shape index (κ1) is 15.6. The highest BCUT2D eigenvalue weighted by Gasteiger charge is 2.27. The fourth-order valence-electron chi connectivity index (χ4n) is 2.95. The molecule has 4 N–H and O–H groups in total. The fraction of sp³-hybridized carbons (Fsp3) is 0.412. The molecule has 0 aliphatic heterocycles. The zero-order valence-electron chi connectivity index (χ0n) is 12.3. The van der Waals surface area contributed by atoms with E-state index in [-0.39, 0.29) is 36.4 Å². The topological polar surface area (TPSA) is 80.9 Å². The van der Waals surface area contributed by atoms with Crippen LogP contribution in [0.1, 0.15) is 30.4 Å². The summed E-state index contributed by atoms with van der Waals surface area (Å²) in [5.74, 6) is 0.0729. The van der Waals surface area contributed by atoms with Crippen LogP contribution in [0.5, 0.6) is 5.75 Å². The van der Waals surface area contributed by atoms with E-state index in [2.05, 4.69) is 0 Å². The van der Waals surface area contributed by atoms with Gasteiger partial charge in [0.2, 0.25) is 0 Å². The SMILES string of the molecule is Cc1cc(O)ccc1C(C)C(CO)C1=C(O)CC(O)C=C1. The molecule has 0 heterocycles. The van der Waals surface area contributed by atoms with Gasteiger partial charge in [-0.1, -0.05) is 25.1 Å². The van der Waals surface area contributed by atoms with Crippen LogP contribution in [-0.4, -0.2) is 33.1 Å². The number of phenols is 1. The van der Waals surface area contributed by atoms with Gasteiger partial charge in [0.15, 0.2) is 0 Å². The maximum atomic E-state index is 10.1. The van der Waals surface area contributed by atoms with E-state index in [0.29, 0.717) is 5.57 Å². The van der Waals surface area contributed by atoms with Crippen molar-refractivity contribution in [3.05, 3.63) is 52.8 Å². The first-order valence-corrected chi connectivity index (χ1v) is 7.12. The van der Waals surface area contributed by atoms with Gasteiger partial charge in [0.25, 0.3) is 0 Å². The second-order valence-electron chi connectivity index (χ2n) is 5.65. The van der Waals surface area contributed by atoms with Gasteiger partial charge in [-0.25, -0.2) is 0 Å². The van der Waals surface area contributed by atoms with Gasteiger partial charge >= 0.3 is 0 Å².